The van der Waals surface area contributed by atoms with Gasteiger partial charge in [0.1, 0.15) is 0 Å². The molecule has 1 aliphatic rings. The smallest absolute Gasteiger partial charge is 0.475 e. The average Bonchev–Trinajstić information content (AvgIpc) is 2.59. The lowest BCUT2D eigenvalue weighted by Crippen LogP contribution is -2.41. The Hall–Kier alpha value is -1.07. The minimum absolute atomic E-state index is 0.149. The van der Waals surface area contributed by atoms with Crippen LogP contribution in [0, 0.1) is 0 Å². The van der Waals surface area contributed by atoms with Crippen LogP contribution in [-0.2, 0) is 9.31 Å². The van der Waals surface area contributed by atoms with Crippen LogP contribution in [0.3, 0.4) is 0 Å². The summed E-state index contributed by atoms with van der Waals surface area (Å²) in [5, 5.41) is 0. The molecule has 0 spiro atoms. The van der Waals surface area contributed by atoms with Crippen LogP contribution >= 0.6 is 0 Å². The summed E-state index contributed by atoms with van der Waals surface area (Å²) in [5.41, 5.74) is 0.272. The quantitative estimate of drug-likeness (QED) is 0.793. The molecule has 0 unspecified atom stereocenters. The molecule has 1 atom stereocenters. The molecule has 1 aliphatic heterocycles. The fourth-order valence-corrected chi connectivity index (χ4v) is 1.90. The summed E-state index contributed by atoms with van der Waals surface area (Å²) < 4.78 is 17.8. The van der Waals surface area contributed by atoms with Crippen molar-refractivity contribution in [1.82, 2.24) is 4.98 Å². The molecule has 1 aromatic rings. The van der Waals surface area contributed by atoms with E-state index in [0.29, 0.717) is 5.88 Å². The maximum Gasteiger partial charge on any atom is 0.495 e. The summed E-state index contributed by atoms with van der Waals surface area (Å²) in [6, 6.07) is 3.81. The molecule has 0 aromatic carbocycles. The zero-order valence-corrected chi connectivity index (χ0v) is 13.3. The molecule has 1 aromatic heterocycles. The van der Waals surface area contributed by atoms with Gasteiger partial charge < -0.3 is 14.0 Å². The van der Waals surface area contributed by atoms with Crippen molar-refractivity contribution in [3.63, 3.8) is 0 Å². The Morgan fingerprint density at radius 3 is 2.40 bits per heavy atom. The van der Waals surface area contributed by atoms with Gasteiger partial charge in [0.05, 0.1) is 17.3 Å². The fraction of sp³-hybridized carbons (Fsp3) is 0.667. The normalized spacial score (nSPS) is 21.8. The second-order valence-corrected chi connectivity index (χ2v) is 6.35. The second-order valence-electron chi connectivity index (χ2n) is 6.35. The van der Waals surface area contributed by atoms with E-state index in [1.165, 1.54) is 0 Å². The van der Waals surface area contributed by atoms with Gasteiger partial charge in [-0.05, 0) is 52.6 Å². The van der Waals surface area contributed by atoms with E-state index < -0.39 is 0 Å². The molecule has 2 heterocycles. The highest BCUT2D eigenvalue weighted by Gasteiger charge is 2.51. The monoisotopic (exact) mass is 277 g/mol. The summed E-state index contributed by atoms with van der Waals surface area (Å²) in [6.07, 6.45) is 2.83. The van der Waals surface area contributed by atoms with Crippen LogP contribution in [0.25, 0.3) is 0 Å². The molecular weight excluding hydrogens is 253 g/mol. The number of aromatic nitrogens is 1. The number of hydrogen-bond acceptors (Lipinski definition) is 4. The third kappa shape index (κ3) is 2.99. The molecule has 0 amide bonds. The second kappa shape index (κ2) is 5.37. The highest BCUT2D eigenvalue weighted by molar-refractivity contribution is 6.62. The van der Waals surface area contributed by atoms with E-state index in [4.69, 9.17) is 14.0 Å². The number of hydrogen-bond donors (Lipinski definition) is 0. The largest absolute Gasteiger partial charge is 0.495 e. The van der Waals surface area contributed by atoms with Crippen molar-refractivity contribution < 1.29 is 14.0 Å². The van der Waals surface area contributed by atoms with Gasteiger partial charge in [0.25, 0.3) is 0 Å². The molecule has 5 heteroatoms. The van der Waals surface area contributed by atoms with Crippen LogP contribution in [0.15, 0.2) is 18.3 Å². The van der Waals surface area contributed by atoms with Crippen LogP contribution in [-0.4, -0.2) is 29.4 Å². The van der Waals surface area contributed by atoms with Gasteiger partial charge in [-0.2, -0.15) is 0 Å². The summed E-state index contributed by atoms with van der Waals surface area (Å²) >= 11 is 0. The summed E-state index contributed by atoms with van der Waals surface area (Å²) in [7, 11) is -0.373. The first-order chi connectivity index (χ1) is 9.25. The predicted molar refractivity (Wildman–Crippen MR) is 80.3 cm³/mol. The minimum Gasteiger partial charge on any atom is -0.475 e. The SMILES string of the molecule is CC[C@@H](C)Oc1cc(B2OC(C)(C)C(C)(C)O2)ccn1. The van der Waals surface area contributed by atoms with E-state index >= 15 is 0 Å². The molecule has 1 saturated heterocycles. The third-order valence-electron chi connectivity index (χ3n) is 4.18. The molecule has 4 nitrogen and oxygen atoms in total. The van der Waals surface area contributed by atoms with Gasteiger partial charge in [0.15, 0.2) is 0 Å². The Morgan fingerprint density at radius 1 is 1.25 bits per heavy atom. The Balaban J connectivity index is 2.17. The first kappa shape index (κ1) is 15.3. The van der Waals surface area contributed by atoms with Gasteiger partial charge in [-0.1, -0.05) is 6.92 Å². The van der Waals surface area contributed by atoms with Gasteiger partial charge in [-0.15, -0.1) is 0 Å². The maximum absolute atomic E-state index is 6.03. The topological polar surface area (TPSA) is 40.6 Å². The molecule has 0 radical (unpaired) electrons. The van der Waals surface area contributed by atoms with Crippen molar-refractivity contribution in [2.24, 2.45) is 0 Å². The van der Waals surface area contributed by atoms with Gasteiger partial charge in [-0.3, -0.25) is 0 Å². The summed E-state index contributed by atoms with van der Waals surface area (Å²) in [6.45, 7) is 12.3. The van der Waals surface area contributed by atoms with Crippen molar-refractivity contribution in [2.75, 3.05) is 0 Å². The third-order valence-corrected chi connectivity index (χ3v) is 4.18. The van der Waals surface area contributed by atoms with Crippen molar-refractivity contribution in [1.29, 1.82) is 0 Å². The molecule has 2 rings (SSSR count). The maximum atomic E-state index is 6.03. The molecule has 0 saturated carbocycles. The fourth-order valence-electron chi connectivity index (χ4n) is 1.90. The zero-order chi connectivity index (χ0) is 15.0. The molecule has 0 aliphatic carbocycles. The standard InChI is InChI=1S/C15H24BNO3/c1-7-11(2)18-13-10-12(8-9-17-13)16-19-14(3,4)15(5,6)20-16/h8-11H,7H2,1-6H3/t11-/m1/s1. The van der Waals surface area contributed by atoms with Crippen molar-refractivity contribution in [3.05, 3.63) is 18.3 Å². The van der Waals surface area contributed by atoms with Crippen LogP contribution in [0.2, 0.25) is 0 Å². The lowest BCUT2D eigenvalue weighted by Gasteiger charge is -2.32. The van der Waals surface area contributed by atoms with Gasteiger partial charge in [-0.25, -0.2) is 4.98 Å². The van der Waals surface area contributed by atoms with Crippen molar-refractivity contribution >= 4 is 12.6 Å². The minimum atomic E-state index is -0.373. The number of ether oxygens (including phenoxy) is 1. The van der Waals surface area contributed by atoms with Crippen molar-refractivity contribution in [2.45, 2.75) is 65.3 Å². The van der Waals surface area contributed by atoms with E-state index in [1.807, 2.05) is 46.8 Å². The molecule has 20 heavy (non-hydrogen) atoms. The Kier molecular flexibility index (Phi) is 4.12. The molecule has 1 fully saturated rings. The highest BCUT2D eigenvalue weighted by atomic mass is 16.7. The van der Waals surface area contributed by atoms with Crippen LogP contribution in [0.5, 0.6) is 5.88 Å². The first-order valence-corrected chi connectivity index (χ1v) is 7.23. The Labute approximate surface area is 122 Å². The summed E-state index contributed by atoms with van der Waals surface area (Å²) in [4.78, 5) is 4.24. The number of nitrogens with zero attached hydrogens (tertiary/aromatic N) is 1. The van der Waals surface area contributed by atoms with E-state index in [-0.39, 0.29) is 24.4 Å². The average molecular weight is 277 g/mol. The molecular formula is C15H24BNO3. The van der Waals surface area contributed by atoms with Gasteiger partial charge in [0, 0.05) is 12.3 Å². The highest BCUT2D eigenvalue weighted by Crippen LogP contribution is 2.36. The zero-order valence-electron chi connectivity index (χ0n) is 13.3. The van der Waals surface area contributed by atoms with Crippen molar-refractivity contribution in [3.8, 4) is 5.88 Å². The lowest BCUT2D eigenvalue weighted by molar-refractivity contribution is 0.00578. The van der Waals surface area contributed by atoms with Crippen LogP contribution < -0.4 is 10.2 Å². The van der Waals surface area contributed by atoms with E-state index in [0.717, 1.165) is 11.9 Å². The van der Waals surface area contributed by atoms with Crippen LogP contribution in [0.4, 0.5) is 0 Å². The van der Waals surface area contributed by atoms with Gasteiger partial charge >= 0.3 is 7.12 Å². The van der Waals surface area contributed by atoms with E-state index in [9.17, 15) is 0 Å². The Morgan fingerprint density at radius 2 is 1.85 bits per heavy atom. The molecule has 0 bridgehead atoms. The van der Waals surface area contributed by atoms with Gasteiger partial charge in [0.2, 0.25) is 5.88 Å². The van der Waals surface area contributed by atoms with Crippen LogP contribution in [0.1, 0.15) is 48.0 Å². The summed E-state index contributed by atoms with van der Waals surface area (Å²) in [5.74, 6) is 0.617. The predicted octanol–water partition coefficient (Wildman–Crippen LogP) is 2.56. The molecule has 0 N–H and O–H groups in total. The number of rotatable bonds is 4. The Bertz CT molecular complexity index is 460. The lowest BCUT2D eigenvalue weighted by atomic mass is 9.80. The van der Waals surface area contributed by atoms with E-state index in [1.54, 1.807) is 6.20 Å². The number of pyridine rings is 1. The van der Waals surface area contributed by atoms with E-state index in [2.05, 4.69) is 11.9 Å². The first-order valence-electron chi connectivity index (χ1n) is 7.23. The molecule has 110 valence electrons.